The molecule has 0 saturated heterocycles. The average Bonchev–Trinajstić information content (AvgIpc) is 2.28. The average molecular weight is 455 g/mol. The standard InChI is InChI=1S/C10H4F10IN/c11-7(12,9(16,17)10(18,19)20)3-1-4(8(13,14)15)6(22)5(21)2-3/h1-2H,22H2. The summed E-state index contributed by atoms with van der Waals surface area (Å²) in [6.07, 6.45) is -12.0. The fourth-order valence-electron chi connectivity index (χ4n) is 1.39. The molecular weight excluding hydrogens is 451 g/mol. The first-order valence-electron chi connectivity index (χ1n) is 5.02. The SMILES string of the molecule is Nc1c(I)cc(C(F)(F)C(F)(F)C(F)(F)F)cc1C(F)(F)F. The highest BCUT2D eigenvalue weighted by molar-refractivity contribution is 14.1. The molecule has 126 valence electrons. The first-order chi connectivity index (χ1) is 9.53. The Balaban J connectivity index is 3.61. The lowest BCUT2D eigenvalue weighted by Gasteiger charge is -2.29. The Hall–Kier alpha value is -0.950. The lowest BCUT2D eigenvalue weighted by atomic mass is 9.98. The van der Waals surface area contributed by atoms with Crippen molar-refractivity contribution in [3.8, 4) is 0 Å². The fraction of sp³-hybridized carbons (Fsp3) is 0.400. The van der Waals surface area contributed by atoms with Crippen molar-refractivity contribution in [2.24, 2.45) is 0 Å². The second-order valence-corrected chi connectivity index (χ2v) is 5.23. The van der Waals surface area contributed by atoms with Crippen molar-refractivity contribution in [3.05, 3.63) is 26.8 Å². The Bertz CT molecular complexity index is 574. The third-order valence-electron chi connectivity index (χ3n) is 2.55. The zero-order valence-corrected chi connectivity index (χ0v) is 12.0. The summed E-state index contributed by atoms with van der Waals surface area (Å²) >= 11 is 1.02. The summed E-state index contributed by atoms with van der Waals surface area (Å²) in [6.45, 7) is 0. The Morgan fingerprint density at radius 1 is 0.818 bits per heavy atom. The van der Waals surface area contributed by atoms with E-state index in [1.54, 1.807) is 0 Å². The number of alkyl halides is 10. The first kappa shape index (κ1) is 19.1. The molecule has 2 N–H and O–H groups in total. The number of rotatable bonds is 2. The molecule has 1 aromatic rings. The highest BCUT2D eigenvalue weighted by atomic mass is 127. The number of halogens is 11. The lowest BCUT2D eigenvalue weighted by molar-refractivity contribution is -0.359. The van der Waals surface area contributed by atoms with Crippen molar-refractivity contribution in [3.63, 3.8) is 0 Å². The van der Waals surface area contributed by atoms with Crippen molar-refractivity contribution in [2.45, 2.75) is 24.2 Å². The van der Waals surface area contributed by atoms with Crippen molar-refractivity contribution in [1.29, 1.82) is 0 Å². The molecule has 0 saturated carbocycles. The molecule has 0 fully saturated rings. The molecule has 0 radical (unpaired) electrons. The summed E-state index contributed by atoms with van der Waals surface area (Å²) in [5.41, 5.74) is -0.121. The summed E-state index contributed by atoms with van der Waals surface area (Å²) in [5.74, 6) is -12.5. The predicted octanol–water partition coefficient (Wildman–Crippen LogP) is 5.18. The number of nitrogen functional groups attached to an aromatic ring is 1. The number of benzene rings is 1. The van der Waals surface area contributed by atoms with Crippen LogP contribution < -0.4 is 5.73 Å². The molecular formula is C10H4F10IN. The summed E-state index contributed by atoms with van der Waals surface area (Å²) in [7, 11) is 0. The Morgan fingerprint density at radius 3 is 1.64 bits per heavy atom. The molecule has 0 atom stereocenters. The topological polar surface area (TPSA) is 26.0 Å². The third-order valence-corrected chi connectivity index (χ3v) is 3.44. The van der Waals surface area contributed by atoms with Gasteiger partial charge in [0.15, 0.2) is 0 Å². The number of hydrogen-bond donors (Lipinski definition) is 1. The van der Waals surface area contributed by atoms with E-state index < -0.39 is 50.6 Å². The van der Waals surface area contributed by atoms with Crippen LogP contribution in [0.1, 0.15) is 11.1 Å². The molecule has 0 aliphatic carbocycles. The molecule has 0 unspecified atom stereocenters. The molecule has 12 heteroatoms. The number of hydrogen-bond acceptors (Lipinski definition) is 1. The maximum Gasteiger partial charge on any atom is 0.460 e. The van der Waals surface area contributed by atoms with Gasteiger partial charge in [-0.3, -0.25) is 0 Å². The number of anilines is 1. The van der Waals surface area contributed by atoms with Gasteiger partial charge < -0.3 is 5.73 Å². The van der Waals surface area contributed by atoms with E-state index in [0.29, 0.717) is 0 Å². The molecule has 1 rings (SSSR count). The van der Waals surface area contributed by atoms with Gasteiger partial charge in [0.2, 0.25) is 0 Å². The molecule has 0 aliphatic heterocycles. The van der Waals surface area contributed by atoms with E-state index in [9.17, 15) is 43.9 Å². The Morgan fingerprint density at radius 2 is 1.27 bits per heavy atom. The monoisotopic (exact) mass is 455 g/mol. The quantitative estimate of drug-likeness (QED) is 0.372. The molecule has 0 heterocycles. The van der Waals surface area contributed by atoms with Crippen molar-refractivity contribution in [1.82, 2.24) is 0 Å². The highest BCUT2D eigenvalue weighted by Gasteiger charge is 2.73. The molecule has 0 aliphatic rings. The van der Waals surface area contributed by atoms with Gasteiger partial charge in [0.25, 0.3) is 0 Å². The van der Waals surface area contributed by atoms with Crippen LogP contribution in [0.15, 0.2) is 12.1 Å². The van der Waals surface area contributed by atoms with Crippen LogP contribution in [-0.4, -0.2) is 12.1 Å². The molecule has 0 spiro atoms. The van der Waals surface area contributed by atoms with Crippen LogP contribution in [0.3, 0.4) is 0 Å². The largest absolute Gasteiger partial charge is 0.460 e. The minimum Gasteiger partial charge on any atom is -0.397 e. The Kier molecular flexibility index (Phi) is 4.60. The normalized spacial score (nSPS) is 14.3. The van der Waals surface area contributed by atoms with Gasteiger partial charge in [-0.05, 0) is 34.7 Å². The lowest BCUT2D eigenvalue weighted by Crippen LogP contribution is -2.50. The third kappa shape index (κ3) is 3.06. The fourth-order valence-corrected chi connectivity index (χ4v) is 2.02. The van der Waals surface area contributed by atoms with E-state index >= 15 is 0 Å². The van der Waals surface area contributed by atoms with Crippen LogP contribution in [0.2, 0.25) is 0 Å². The molecule has 1 aromatic carbocycles. The van der Waals surface area contributed by atoms with Gasteiger partial charge in [0, 0.05) is 9.13 Å². The van der Waals surface area contributed by atoms with Crippen molar-refractivity contribution >= 4 is 28.3 Å². The Labute approximate surface area is 129 Å². The van der Waals surface area contributed by atoms with Crippen molar-refractivity contribution in [2.75, 3.05) is 5.73 Å². The zero-order chi connectivity index (χ0) is 17.7. The molecule has 22 heavy (non-hydrogen) atoms. The second-order valence-electron chi connectivity index (χ2n) is 4.06. The van der Waals surface area contributed by atoms with Crippen LogP contribution >= 0.6 is 22.6 Å². The van der Waals surface area contributed by atoms with Gasteiger partial charge in [0.05, 0.1) is 11.3 Å². The van der Waals surface area contributed by atoms with E-state index in [1.165, 1.54) is 0 Å². The summed E-state index contributed by atoms with van der Waals surface area (Å²) in [4.78, 5) is 0. The van der Waals surface area contributed by atoms with E-state index in [-0.39, 0.29) is 6.07 Å². The van der Waals surface area contributed by atoms with Crippen LogP contribution in [0, 0.1) is 3.57 Å². The van der Waals surface area contributed by atoms with E-state index in [1.807, 2.05) is 0 Å². The van der Waals surface area contributed by atoms with E-state index in [0.717, 1.165) is 22.6 Å². The molecule has 0 amide bonds. The predicted molar refractivity (Wildman–Crippen MR) is 63.5 cm³/mol. The summed E-state index contributed by atoms with van der Waals surface area (Å²) < 4.78 is 126. The van der Waals surface area contributed by atoms with Crippen LogP contribution in [0.25, 0.3) is 0 Å². The number of nitrogens with two attached hydrogens (primary N) is 1. The summed E-state index contributed by atoms with van der Waals surface area (Å²) in [6, 6.07) is -0.470. The van der Waals surface area contributed by atoms with Crippen LogP contribution in [0.4, 0.5) is 49.6 Å². The smallest absolute Gasteiger partial charge is 0.397 e. The van der Waals surface area contributed by atoms with Gasteiger partial charge in [-0.1, -0.05) is 0 Å². The molecule has 1 nitrogen and oxygen atoms in total. The second kappa shape index (κ2) is 5.30. The van der Waals surface area contributed by atoms with Gasteiger partial charge in [-0.2, -0.15) is 43.9 Å². The van der Waals surface area contributed by atoms with Gasteiger partial charge in [0.1, 0.15) is 0 Å². The van der Waals surface area contributed by atoms with E-state index in [4.69, 9.17) is 5.73 Å². The minimum atomic E-state index is -6.65. The van der Waals surface area contributed by atoms with Gasteiger partial charge >= 0.3 is 24.2 Å². The van der Waals surface area contributed by atoms with E-state index in [2.05, 4.69) is 0 Å². The zero-order valence-electron chi connectivity index (χ0n) is 9.89. The van der Waals surface area contributed by atoms with Crippen LogP contribution in [-0.2, 0) is 12.1 Å². The van der Waals surface area contributed by atoms with Gasteiger partial charge in [-0.25, -0.2) is 0 Å². The maximum absolute atomic E-state index is 13.4. The highest BCUT2D eigenvalue weighted by Crippen LogP contribution is 2.53. The van der Waals surface area contributed by atoms with Gasteiger partial charge in [-0.15, -0.1) is 0 Å². The summed E-state index contributed by atoms with van der Waals surface area (Å²) in [5, 5.41) is 0. The minimum absolute atomic E-state index is 0.0464. The first-order valence-corrected chi connectivity index (χ1v) is 6.10. The molecule has 0 bridgehead atoms. The molecule has 0 aromatic heterocycles. The maximum atomic E-state index is 13.4. The van der Waals surface area contributed by atoms with Crippen LogP contribution in [0.5, 0.6) is 0 Å². The van der Waals surface area contributed by atoms with Crippen molar-refractivity contribution < 1.29 is 43.9 Å².